The zero-order valence-corrected chi connectivity index (χ0v) is 8.45. The summed E-state index contributed by atoms with van der Waals surface area (Å²) in [5.41, 5.74) is 0. The van der Waals surface area contributed by atoms with Gasteiger partial charge in [-0.15, -0.1) is 0 Å². The zero-order valence-electron chi connectivity index (χ0n) is 8.45. The molecular weight excluding hydrogens is 184 g/mol. The third-order valence-corrected chi connectivity index (χ3v) is 2.18. The van der Waals surface area contributed by atoms with Crippen LogP contribution in [0.5, 0.6) is 0 Å². The normalized spacial score (nSPS) is 20.6. The van der Waals surface area contributed by atoms with E-state index in [0.29, 0.717) is 19.4 Å². The van der Waals surface area contributed by atoms with Crippen molar-refractivity contribution in [3.63, 3.8) is 0 Å². The first kappa shape index (κ1) is 11.0. The van der Waals surface area contributed by atoms with E-state index in [-0.39, 0.29) is 18.0 Å². The lowest BCUT2D eigenvalue weighted by molar-refractivity contribution is -0.143. The third kappa shape index (κ3) is 3.77. The fraction of sp³-hybridized carbons (Fsp3) is 0.800. The van der Waals surface area contributed by atoms with Crippen LogP contribution in [0.25, 0.3) is 0 Å². The van der Waals surface area contributed by atoms with Gasteiger partial charge in [0.25, 0.3) is 0 Å². The lowest BCUT2D eigenvalue weighted by Gasteiger charge is -2.07. The van der Waals surface area contributed by atoms with Crippen molar-refractivity contribution in [1.29, 1.82) is 0 Å². The Balaban J connectivity index is 2.04. The summed E-state index contributed by atoms with van der Waals surface area (Å²) in [6, 6.07) is 0. The summed E-state index contributed by atoms with van der Waals surface area (Å²) in [5, 5.41) is 0. The van der Waals surface area contributed by atoms with Crippen LogP contribution in [0, 0.1) is 0 Å². The Morgan fingerprint density at radius 2 is 2.43 bits per heavy atom. The van der Waals surface area contributed by atoms with Gasteiger partial charge in [0.2, 0.25) is 0 Å². The Hall–Kier alpha value is -1.06. The van der Waals surface area contributed by atoms with Crippen molar-refractivity contribution in [2.45, 2.75) is 45.1 Å². The number of esters is 2. The fourth-order valence-corrected chi connectivity index (χ4v) is 1.49. The van der Waals surface area contributed by atoms with Gasteiger partial charge in [-0.1, -0.05) is 0 Å². The molecule has 4 heteroatoms. The van der Waals surface area contributed by atoms with Crippen molar-refractivity contribution in [2.24, 2.45) is 0 Å². The lowest BCUT2D eigenvalue weighted by atomic mass is 10.1. The predicted molar refractivity (Wildman–Crippen MR) is 49.6 cm³/mol. The highest BCUT2D eigenvalue weighted by molar-refractivity contribution is 5.71. The molecule has 1 aliphatic heterocycles. The minimum absolute atomic E-state index is 0.0249. The molecule has 0 aromatic rings. The summed E-state index contributed by atoms with van der Waals surface area (Å²) in [5.74, 6) is -0.289. The smallest absolute Gasteiger partial charge is 0.306 e. The van der Waals surface area contributed by atoms with Gasteiger partial charge in [0.15, 0.2) is 0 Å². The zero-order chi connectivity index (χ0) is 10.4. The van der Waals surface area contributed by atoms with Gasteiger partial charge in [0.05, 0.1) is 6.61 Å². The van der Waals surface area contributed by atoms with E-state index in [4.69, 9.17) is 9.47 Å². The Kier molecular flexibility index (Phi) is 4.43. The topological polar surface area (TPSA) is 52.6 Å². The first-order chi connectivity index (χ1) is 6.72. The quantitative estimate of drug-likeness (QED) is 0.630. The minimum atomic E-state index is -0.170. The molecule has 0 aromatic carbocycles. The van der Waals surface area contributed by atoms with Crippen molar-refractivity contribution in [2.75, 3.05) is 6.61 Å². The van der Waals surface area contributed by atoms with Crippen LogP contribution in [-0.2, 0) is 19.1 Å². The second-order valence-corrected chi connectivity index (χ2v) is 3.35. The molecule has 1 unspecified atom stereocenters. The van der Waals surface area contributed by atoms with E-state index in [2.05, 4.69) is 0 Å². The Bertz CT molecular complexity index is 212. The van der Waals surface area contributed by atoms with Gasteiger partial charge in [-0.3, -0.25) is 9.59 Å². The molecule has 0 spiro atoms. The number of carbonyl (C=O) groups is 2. The summed E-state index contributed by atoms with van der Waals surface area (Å²) in [6.45, 7) is 2.22. The van der Waals surface area contributed by atoms with Gasteiger partial charge < -0.3 is 9.47 Å². The van der Waals surface area contributed by atoms with Crippen LogP contribution < -0.4 is 0 Å². The van der Waals surface area contributed by atoms with Crippen molar-refractivity contribution >= 4 is 11.9 Å². The molecule has 14 heavy (non-hydrogen) atoms. The Morgan fingerprint density at radius 1 is 1.64 bits per heavy atom. The summed E-state index contributed by atoms with van der Waals surface area (Å²) < 4.78 is 9.79. The molecule has 0 N–H and O–H groups in total. The SMILES string of the molecule is CCOC(=O)CCCC1CCC(=O)O1. The molecule has 1 rings (SSSR count). The second kappa shape index (κ2) is 5.62. The van der Waals surface area contributed by atoms with E-state index < -0.39 is 0 Å². The number of cyclic esters (lactones) is 1. The molecule has 1 aliphatic rings. The van der Waals surface area contributed by atoms with E-state index in [9.17, 15) is 9.59 Å². The Morgan fingerprint density at radius 3 is 3.00 bits per heavy atom. The summed E-state index contributed by atoms with van der Waals surface area (Å²) in [6.07, 6.45) is 3.26. The van der Waals surface area contributed by atoms with Crippen LogP contribution in [0.4, 0.5) is 0 Å². The van der Waals surface area contributed by atoms with Gasteiger partial charge in [0, 0.05) is 12.8 Å². The summed E-state index contributed by atoms with van der Waals surface area (Å²) >= 11 is 0. The lowest BCUT2D eigenvalue weighted by Crippen LogP contribution is -2.09. The molecule has 0 bridgehead atoms. The van der Waals surface area contributed by atoms with E-state index >= 15 is 0 Å². The molecular formula is C10H16O4. The maximum atomic E-state index is 11.0. The fourth-order valence-electron chi connectivity index (χ4n) is 1.49. The third-order valence-electron chi connectivity index (χ3n) is 2.18. The molecule has 4 nitrogen and oxygen atoms in total. The molecule has 0 aliphatic carbocycles. The minimum Gasteiger partial charge on any atom is -0.466 e. The van der Waals surface area contributed by atoms with Crippen LogP contribution in [-0.4, -0.2) is 24.6 Å². The number of rotatable bonds is 5. The highest BCUT2D eigenvalue weighted by atomic mass is 16.5. The molecule has 0 amide bonds. The van der Waals surface area contributed by atoms with Crippen LogP contribution in [0.15, 0.2) is 0 Å². The van der Waals surface area contributed by atoms with Crippen LogP contribution >= 0.6 is 0 Å². The highest BCUT2D eigenvalue weighted by Crippen LogP contribution is 2.18. The maximum Gasteiger partial charge on any atom is 0.306 e. The molecule has 80 valence electrons. The predicted octanol–water partition coefficient (Wildman–Crippen LogP) is 1.43. The van der Waals surface area contributed by atoms with E-state index in [0.717, 1.165) is 19.3 Å². The summed E-state index contributed by atoms with van der Waals surface area (Å²) in [7, 11) is 0. The molecule has 1 heterocycles. The average Bonchev–Trinajstić information content (AvgIpc) is 2.52. The monoisotopic (exact) mass is 200 g/mol. The summed E-state index contributed by atoms with van der Waals surface area (Å²) in [4.78, 5) is 21.7. The number of hydrogen-bond acceptors (Lipinski definition) is 4. The van der Waals surface area contributed by atoms with E-state index in [1.54, 1.807) is 6.92 Å². The second-order valence-electron chi connectivity index (χ2n) is 3.35. The van der Waals surface area contributed by atoms with Gasteiger partial charge in [-0.2, -0.15) is 0 Å². The molecule has 1 fully saturated rings. The number of ether oxygens (including phenoxy) is 2. The van der Waals surface area contributed by atoms with Crippen LogP contribution in [0.1, 0.15) is 39.0 Å². The highest BCUT2D eigenvalue weighted by Gasteiger charge is 2.22. The molecule has 0 radical (unpaired) electrons. The van der Waals surface area contributed by atoms with Crippen molar-refractivity contribution in [3.05, 3.63) is 0 Å². The van der Waals surface area contributed by atoms with Gasteiger partial charge in [-0.25, -0.2) is 0 Å². The van der Waals surface area contributed by atoms with Crippen molar-refractivity contribution in [1.82, 2.24) is 0 Å². The van der Waals surface area contributed by atoms with Gasteiger partial charge in [-0.05, 0) is 26.2 Å². The van der Waals surface area contributed by atoms with Gasteiger partial charge >= 0.3 is 11.9 Å². The average molecular weight is 200 g/mol. The first-order valence-corrected chi connectivity index (χ1v) is 5.07. The first-order valence-electron chi connectivity index (χ1n) is 5.07. The Labute approximate surface area is 83.6 Å². The van der Waals surface area contributed by atoms with Crippen molar-refractivity contribution < 1.29 is 19.1 Å². The molecule has 1 saturated heterocycles. The molecule has 0 saturated carbocycles. The van der Waals surface area contributed by atoms with Crippen molar-refractivity contribution in [3.8, 4) is 0 Å². The maximum absolute atomic E-state index is 11.0. The van der Waals surface area contributed by atoms with Crippen LogP contribution in [0.3, 0.4) is 0 Å². The van der Waals surface area contributed by atoms with E-state index in [1.807, 2.05) is 0 Å². The van der Waals surface area contributed by atoms with Crippen LogP contribution in [0.2, 0.25) is 0 Å². The molecule has 1 atom stereocenters. The standard InChI is InChI=1S/C10H16O4/c1-2-13-9(11)5-3-4-8-6-7-10(12)14-8/h8H,2-7H2,1H3. The largest absolute Gasteiger partial charge is 0.466 e. The molecule has 0 aromatic heterocycles. The number of hydrogen-bond donors (Lipinski definition) is 0. The number of carbonyl (C=O) groups excluding carboxylic acids is 2. The van der Waals surface area contributed by atoms with Gasteiger partial charge in [0.1, 0.15) is 6.10 Å². The van der Waals surface area contributed by atoms with E-state index in [1.165, 1.54) is 0 Å².